The normalized spacial score (nSPS) is 38.2. The van der Waals surface area contributed by atoms with E-state index >= 15 is 0 Å². The second-order valence-corrected chi connectivity index (χ2v) is 3.99. The van der Waals surface area contributed by atoms with Gasteiger partial charge in [-0.2, -0.15) is 0 Å². The number of hydrogen-bond donors (Lipinski definition) is 2. The average Bonchev–Trinajstić information content (AvgIpc) is 1.97. The van der Waals surface area contributed by atoms with Gasteiger partial charge in [-0.15, -0.1) is 0 Å². The Hall–Kier alpha value is -0.740. The van der Waals surface area contributed by atoms with Crippen molar-refractivity contribution < 1.29 is 19.8 Å². The van der Waals surface area contributed by atoms with Crippen molar-refractivity contribution in [3.8, 4) is 0 Å². The second-order valence-electron chi connectivity index (χ2n) is 3.99. The summed E-state index contributed by atoms with van der Waals surface area (Å²) in [7, 11) is 0. The molecule has 0 heterocycles. The van der Waals surface area contributed by atoms with Crippen LogP contribution in [0.25, 0.3) is 0 Å². The van der Waals surface area contributed by atoms with E-state index in [2.05, 4.69) is 0 Å². The Kier molecular flexibility index (Phi) is 2.30. The van der Waals surface area contributed by atoms with Crippen molar-refractivity contribution in [2.45, 2.75) is 44.3 Å². The molecule has 1 aliphatic rings. The predicted molar refractivity (Wildman–Crippen MR) is 45.1 cm³/mol. The molecule has 0 aromatic carbocycles. The summed E-state index contributed by atoms with van der Waals surface area (Å²) >= 11 is 0. The molecule has 0 aromatic rings. The van der Waals surface area contributed by atoms with Gasteiger partial charge in [0.2, 0.25) is 11.6 Å². The number of rotatable bonds is 3. The molecule has 0 bridgehead atoms. The standard InChI is InChI=1S/C9H14O4/c1-3-6(10)7(11)9(13)4-8(2,12)5-9/h12-13H,3-5H2,1-2H3. The minimum atomic E-state index is -1.60. The minimum Gasteiger partial charge on any atom is -0.390 e. The molecule has 4 nitrogen and oxygen atoms in total. The lowest BCUT2D eigenvalue weighted by molar-refractivity contribution is -0.185. The maximum Gasteiger partial charge on any atom is 0.229 e. The van der Waals surface area contributed by atoms with E-state index < -0.39 is 22.8 Å². The third-order valence-corrected chi connectivity index (χ3v) is 2.34. The average molecular weight is 186 g/mol. The fourth-order valence-electron chi connectivity index (χ4n) is 1.79. The van der Waals surface area contributed by atoms with Crippen LogP contribution in [0.4, 0.5) is 0 Å². The molecule has 1 rings (SSSR count). The molecule has 1 saturated carbocycles. The molecule has 0 aromatic heterocycles. The monoisotopic (exact) mass is 186 g/mol. The van der Waals surface area contributed by atoms with Crippen LogP contribution in [0, 0.1) is 0 Å². The highest BCUT2D eigenvalue weighted by atomic mass is 16.3. The van der Waals surface area contributed by atoms with Gasteiger partial charge in [0.25, 0.3) is 0 Å². The number of carbonyl (C=O) groups is 2. The van der Waals surface area contributed by atoms with Crippen LogP contribution >= 0.6 is 0 Å². The van der Waals surface area contributed by atoms with E-state index in [0.717, 1.165) is 0 Å². The summed E-state index contributed by atoms with van der Waals surface area (Å²) in [6.07, 6.45) is 0.0262. The third-order valence-electron chi connectivity index (χ3n) is 2.34. The summed E-state index contributed by atoms with van der Waals surface area (Å²) in [5.41, 5.74) is -2.60. The highest BCUT2D eigenvalue weighted by molar-refractivity contribution is 6.40. The number of aliphatic hydroxyl groups is 2. The van der Waals surface area contributed by atoms with Gasteiger partial charge in [-0.05, 0) is 6.92 Å². The van der Waals surface area contributed by atoms with Crippen LogP contribution < -0.4 is 0 Å². The van der Waals surface area contributed by atoms with E-state index in [4.69, 9.17) is 0 Å². The number of ketones is 2. The van der Waals surface area contributed by atoms with Gasteiger partial charge in [0.1, 0.15) is 5.60 Å². The summed E-state index contributed by atoms with van der Waals surface area (Å²) in [6, 6.07) is 0. The number of Topliss-reactive ketones (excluding diaryl/α,β-unsaturated/α-hetero) is 2. The number of hydrogen-bond acceptors (Lipinski definition) is 4. The SMILES string of the molecule is CCC(=O)C(=O)C1(O)CC(C)(O)C1. The Balaban J connectivity index is 2.65. The summed E-state index contributed by atoms with van der Waals surface area (Å²) < 4.78 is 0. The fraction of sp³-hybridized carbons (Fsp3) is 0.778. The van der Waals surface area contributed by atoms with Crippen LogP contribution in [0.15, 0.2) is 0 Å². The highest BCUT2D eigenvalue weighted by Crippen LogP contribution is 2.41. The Morgan fingerprint density at radius 3 is 2.08 bits per heavy atom. The molecule has 0 amide bonds. The molecule has 0 unspecified atom stereocenters. The van der Waals surface area contributed by atoms with Crippen molar-refractivity contribution in [2.24, 2.45) is 0 Å². The predicted octanol–water partition coefficient (Wildman–Crippen LogP) is -0.190. The first kappa shape index (κ1) is 10.3. The fourth-order valence-corrected chi connectivity index (χ4v) is 1.79. The molecular weight excluding hydrogens is 172 g/mol. The van der Waals surface area contributed by atoms with E-state index in [1.165, 1.54) is 6.92 Å². The third kappa shape index (κ3) is 1.78. The van der Waals surface area contributed by atoms with E-state index in [9.17, 15) is 19.8 Å². The van der Waals surface area contributed by atoms with Gasteiger partial charge in [0.05, 0.1) is 5.60 Å². The van der Waals surface area contributed by atoms with Crippen LogP contribution in [-0.4, -0.2) is 33.0 Å². The van der Waals surface area contributed by atoms with Crippen molar-refractivity contribution in [3.05, 3.63) is 0 Å². The molecule has 1 aliphatic carbocycles. The lowest BCUT2D eigenvalue weighted by Crippen LogP contribution is -2.61. The van der Waals surface area contributed by atoms with Crippen LogP contribution in [0.3, 0.4) is 0 Å². The van der Waals surface area contributed by atoms with Gasteiger partial charge in [-0.25, -0.2) is 0 Å². The highest BCUT2D eigenvalue weighted by Gasteiger charge is 2.56. The van der Waals surface area contributed by atoms with Crippen LogP contribution in [-0.2, 0) is 9.59 Å². The van der Waals surface area contributed by atoms with Crippen LogP contribution in [0.1, 0.15) is 33.1 Å². The first-order valence-corrected chi connectivity index (χ1v) is 4.33. The topological polar surface area (TPSA) is 74.6 Å². The Labute approximate surface area is 76.6 Å². The Bertz CT molecular complexity index is 246. The summed E-state index contributed by atoms with van der Waals surface area (Å²) in [6.45, 7) is 3.10. The maximum atomic E-state index is 11.3. The molecule has 0 spiro atoms. The number of carbonyl (C=O) groups excluding carboxylic acids is 2. The molecule has 0 saturated heterocycles. The van der Waals surface area contributed by atoms with Crippen molar-refractivity contribution >= 4 is 11.6 Å². The molecule has 2 N–H and O–H groups in total. The second kappa shape index (κ2) is 2.89. The summed E-state index contributed by atoms with van der Waals surface area (Å²) in [4.78, 5) is 22.2. The smallest absolute Gasteiger partial charge is 0.229 e. The largest absolute Gasteiger partial charge is 0.390 e. The lowest BCUT2D eigenvalue weighted by Gasteiger charge is -2.46. The zero-order valence-corrected chi connectivity index (χ0v) is 7.83. The van der Waals surface area contributed by atoms with Gasteiger partial charge in [0.15, 0.2) is 0 Å². The van der Waals surface area contributed by atoms with Crippen molar-refractivity contribution in [1.82, 2.24) is 0 Å². The van der Waals surface area contributed by atoms with E-state index in [0.29, 0.717) is 0 Å². The first-order valence-electron chi connectivity index (χ1n) is 4.33. The molecule has 13 heavy (non-hydrogen) atoms. The summed E-state index contributed by atoms with van der Waals surface area (Å²) in [5.74, 6) is -1.33. The molecule has 74 valence electrons. The molecule has 0 radical (unpaired) electrons. The van der Waals surface area contributed by atoms with Gasteiger partial charge in [-0.1, -0.05) is 6.92 Å². The zero-order chi connectivity index (χ0) is 10.3. The van der Waals surface area contributed by atoms with Gasteiger partial charge < -0.3 is 10.2 Å². The van der Waals surface area contributed by atoms with E-state index in [-0.39, 0.29) is 19.3 Å². The van der Waals surface area contributed by atoms with Gasteiger partial charge >= 0.3 is 0 Å². The van der Waals surface area contributed by atoms with Crippen molar-refractivity contribution in [3.63, 3.8) is 0 Å². The first-order chi connectivity index (χ1) is 5.81. The molecular formula is C9H14O4. The van der Waals surface area contributed by atoms with Crippen molar-refractivity contribution in [1.29, 1.82) is 0 Å². The summed E-state index contributed by atoms with van der Waals surface area (Å²) in [5, 5.41) is 18.9. The van der Waals surface area contributed by atoms with E-state index in [1.807, 2.05) is 0 Å². The van der Waals surface area contributed by atoms with E-state index in [1.54, 1.807) is 6.92 Å². The lowest BCUT2D eigenvalue weighted by atomic mass is 9.65. The zero-order valence-electron chi connectivity index (χ0n) is 7.83. The quantitative estimate of drug-likeness (QED) is 0.599. The molecule has 4 heteroatoms. The Morgan fingerprint density at radius 1 is 1.31 bits per heavy atom. The van der Waals surface area contributed by atoms with Gasteiger partial charge in [-0.3, -0.25) is 9.59 Å². The van der Waals surface area contributed by atoms with Crippen molar-refractivity contribution in [2.75, 3.05) is 0 Å². The van der Waals surface area contributed by atoms with Crippen LogP contribution in [0.2, 0.25) is 0 Å². The van der Waals surface area contributed by atoms with Crippen LogP contribution in [0.5, 0.6) is 0 Å². The molecule has 0 atom stereocenters. The molecule has 0 aliphatic heterocycles. The van der Waals surface area contributed by atoms with Gasteiger partial charge in [0, 0.05) is 19.3 Å². The maximum absolute atomic E-state index is 11.3. The Morgan fingerprint density at radius 2 is 1.77 bits per heavy atom. The molecule has 1 fully saturated rings. The minimum absolute atomic E-state index is 0.0371.